The summed E-state index contributed by atoms with van der Waals surface area (Å²) in [6.45, 7) is 1.80. The smallest absolute Gasteiger partial charge is 0.237 e. The molecular formula is C9H9NO2S. The van der Waals surface area contributed by atoms with Gasteiger partial charge in [0, 0.05) is 6.42 Å². The van der Waals surface area contributed by atoms with Crippen molar-refractivity contribution in [2.45, 2.75) is 18.8 Å². The average Bonchev–Trinajstić information content (AvgIpc) is 2.61. The average molecular weight is 195 g/mol. The monoisotopic (exact) mass is 195 g/mol. The molecule has 0 bridgehead atoms. The van der Waals surface area contributed by atoms with Gasteiger partial charge in [0.05, 0.1) is 5.41 Å². The standard InChI is InChI=1S/C9H9NO2S/c1-9(6-2-3-13-5-6)4-7(11)10-8(9)12/h2-3,5H,4H2,1H3,(H,10,11,12)/t9-/m1/s1. The van der Waals surface area contributed by atoms with Gasteiger partial charge in [-0.05, 0) is 29.3 Å². The second kappa shape index (κ2) is 2.67. The van der Waals surface area contributed by atoms with E-state index in [9.17, 15) is 9.59 Å². The van der Waals surface area contributed by atoms with Crippen molar-refractivity contribution < 1.29 is 9.59 Å². The maximum Gasteiger partial charge on any atom is 0.237 e. The number of carbonyl (C=O) groups is 2. The number of hydrogen-bond donors (Lipinski definition) is 1. The summed E-state index contributed by atoms with van der Waals surface area (Å²) in [7, 11) is 0. The van der Waals surface area contributed by atoms with Gasteiger partial charge in [-0.15, -0.1) is 0 Å². The quantitative estimate of drug-likeness (QED) is 0.681. The van der Waals surface area contributed by atoms with Crippen LogP contribution in [0.3, 0.4) is 0 Å². The van der Waals surface area contributed by atoms with E-state index < -0.39 is 5.41 Å². The van der Waals surface area contributed by atoms with Crippen molar-refractivity contribution in [2.75, 3.05) is 0 Å². The zero-order chi connectivity index (χ0) is 9.47. The maximum atomic E-state index is 11.5. The van der Waals surface area contributed by atoms with Crippen LogP contribution in [0.5, 0.6) is 0 Å². The summed E-state index contributed by atoms with van der Waals surface area (Å²) >= 11 is 1.54. The molecule has 2 rings (SSSR count). The number of nitrogens with one attached hydrogen (secondary N) is 1. The Balaban J connectivity index is 2.42. The van der Waals surface area contributed by atoms with Gasteiger partial charge in [-0.25, -0.2) is 0 Å². The zero-order valence-corrected chi connectivity index (χ0v) is 7.98. The third-order valence-corrected chi connectivity index (χ3v) is 3.11. The van der Waals surface area contributed by atoms with Crippen molar-refractivity contribution in [1.29, 1.82) is 0 Å². The Hall–Kier alpha value is -1.16. The molecule has 1 N–H and O–H groups in total. The van der Waals surface area contributed by atoms with E-state index in [1.807, 2.05) is 16.8 Å². The number of imide groups is 1. The van der Waals surface area contributed by atoms with Crippen molar-refractivity contribution in [3.63, 3.8) is 0 Å². The first-order valence-electron chi connectivity index (χ1n) is 4.00. The molecule has 0 saturated carbocycles. The Bertz CT molecular complexity index is 358. The molecule has 0 aromatic carbocycles. The Labute approximate surface area is 79.8 Å². The van der Waals surface area contributed by atoms with Gasteiger partial charge in [0.1, 0.15) is 0 Å². The van der Waals surface area contributed by atoms with Gasteiger partial charge in [0.2, 0.25) is 11.8 Å². The lowest BCUT2D eigenvalue weighted by atomic mass is 9.83. The molecule has 0 spiro atoms. The number of amides is 2. The van der Waals surface area contributed by atoms with Gasteiger partial charge in [0.25, 0.3) is 0 Å². The fourth-order valence-corrected chi connectivity index (χ4v) is 2.31. The van der Waals surface area contributed by atoms with Gasteiger partial charge >= 0.3 is 0 Å². The third kappa shape index (κ3) is 1.18. The van der Waals surface area contributed by atoms with Gasteiger partial charge in [-0.3, -0.25) is 14.9 Å². The lowest BCUT2D eigenvalue weighted by Gasteiger charge is -2.17. The van der Waals surface area contributed by atoms with Gasteiger partial charge in [-0.2, -0.15) is 11.3 Å². The molecule has 1 saturated heterocycles. The summed E-state index contributed by atoms with van der Waals surface area (Å²) in [5.74, 6) is -0.366. The SMILES string of the molecule is C[C@]1(c2ccsc2)CC(=O)NC1=O. The second-order valence-electron chi connectivity index (χ2n) is 3.40. The summed E-state index contributed by atoms with van der Waals surface area (Å²) in [6, 6.07) is 1.89. The molecule has 68 valence electrons. The number of hydrogen-bond acceptors (Lipinski definition) is 3. The Morgan fingerprint density at radius 1 is 1.54 bits per heavy atom. The summed E-state index contributed by atoms with van der Waals surface area (Å²) < 4.78 is 0. The minimum absolute atomic E-state index is 0.182. The van der Waals surface area contributed by atoms with Crippen LogP contribution in [-0.2, 0) is 15.0 Å². The summed E-state index contributed by atoms with van der Waals surface area (Å²) in [6.07, 6.45) is 0.266. The molecule has 1 aliphatic heterocycles. The molecule has 3 nitrogen and oxygen atoms in total. The van der Waals surface area contributed by atoms with E-state index in [2.05, 4.69) is 5.32 Å². The van der Waals surface area contributed by atoms with E-state index in [0.717, 1.165) is 5.56 Å². The fraction of sp³-hybridized carbons (Fsp3) is 0.333. The number of rotatable bonds is 1. The molecule has 1 aromatic heterocycles. The summed E-state index contributed by atoms with van der Waals surface area (Å²) in [5.41, 5.74) is 0.290. The summed E-state index contributed by atoms with van der Waals surface area (Å²) in [5, 5.41) is 6.15. The number of thiophene rings is 1. The van der Waals surface area contributed by atoms with E-state index in [1.54, 1.807) is 6.92 Å². The van der Waals surface area contributed by atoms with Crippen molar-refractivity contribution in [3.8, 4) is 0 Å². The van der Waals surface area contributed by atoms with Crippen LogP contribution in [0.4, 0.5) is 0 Å². The van der Waals surface area contributed by atoms with Crippen LogP contribution in [0.25, 0.3) is 0 Å². The predicted octanol–water partition coefficient (Wildman–Crippen LogP) is 1.05. The number of carbonyl (C=O) groups excluding carboxylic acids is 2. The van der Waals surface area contributed by atoms with E-state index in [-0.39, 0.29) is 18.2 Å². The van der Waals surface area contributed by atoms with Crippen molar-refractivity contribution in [3.05, 3.63) is 22.4 Å². The molecule has 13 heavy (non-hydrogen) atoms. The lowest BCUT2D eigenvalue weighted by molar-refractivity contribution is -0.126. The Morgan fingerprint density at radius 2 is 2.31 bits per heavy atom. The van der Waals surface area contributed by atoms with Crippen LogP contribution in [0.1, 0.15) is 18.9 Å². The van der Waals surface area contributed by atoms with E-state index in [1.165, 1.54) is 11.3 Å². The zero-order valence-electron chi connectivity index (χ0n) is 7.16. The minimum atomic E-state index is -0.642. The van der Waals surface area contributed by atoms with E-state index in [0.29, 0.717) is 0 Å². The highest BCUT2D eigenvalue weighted by molar-refractivity contribution is 7.08. The third-order valence-electron chi connectivity index (χ3n) is 2.43. The van der Waals surface area contributed by atoms with Crippen molar-refractivity contribution >= 4 is 23.2 Å². The predicted molar refractivity (Wildman–Crippen MR) is 49.4 cm³/mol. The molecule has 0 radical (unpaired) electrons. The van der Waals surface area contributed by atoms with Gasteiger partial charge in [0.15, 0.2) is 0 Å². The largest absolute Gasteiger partial charge is 0.296 e. The van der Waals surface area contributed by atoms with Crippen molar-refractivity contribution in [1.82, 2.24) is 5.32 Å². The molecule has 2 amide bonds. The minimum Gasteiger partial charge on any atom is -0.296 e. The van der Waals surface area contributed by atoms with E-state index in [4.69, 9.17) is 0 Å². The molecule has 0 aliphatic carbocycles. The highest BCUT2D eigenvalue weighted by Crippen LogP contribution is 2.32. The fourth-order valence-electron chi connectivity index (χ4n) is 1.52. The van der Waals surface area contributed by atoms with Crippen LogP contribution in [0.2, 0.25) is 0 Å². The molecule has 1 fully saturated rings. The van der Waals surface area contributed by atoms with Crippen molar-refractivity contribution in [2.24, 2.45) is 0 Å². The second-order valence-corrected chi connectivity index (χ2v) is 4.18. The molecule has 1 aliphatic rings. The highest BCUT2D eigenvalue weighted by atomic mass is 32.1. The first-order chi connectivity index (χ1) is 6.13. The normalized spacial score (nSPS) is 27.8. The van der Waals surface area contributed by atoms with Crippen LogP contribution in [-0.4, -0.2) is 11.8 Å². The van der Waals surface area contributed by atoms with Crippen LogP contribution >= 0.6 is 11.3 Å². The summed E-state index contributed by atoms with van der Waals surface area (Å²) in [4.78, 5) is 22.5. The molecule has 0 unspecified atom stereocenters. The topological polar surface area (TPSA) is 46.2 Å². The van der Waals surface area contributed by atoms with Crippen LogP contribution < -0.4 is 5.32 Å². The molecule has 1 aromatic rings. The van der Waals surface area contributed by atoms with E-state index >= 15 is 0 Å². The molecule has 1 atom stereocenters. The Morgan fingerprint density at radius 3 is 2.77 bits per heavy atom. The molecular weight excluding hydrogens is 186 g/mol. The Kier molecular flexibility index (Phi) is 1.73. The first kappa shape index (κ1) is 8.44. The molecule has 2 heterocycles. The maximum absolute atomic E-state index is 11.5. The van der Waals surface area contributed by atoms with Gasteiger partial charge < -0.3 is 0 Å². The van der Waals surface area contributed by atoms with Gasteiger partial charge in [-0.1, -0.05) is 0 Å². The van der Waals surface area contributed by atoms with Crippen LogP contribution in [0, 0.1) is 0 Å². The lowest BCUT2D eigenvalue weighted by Crippen LogP contribution is -2.32. The molecule has 4 heteroatoms. The van der Waals surface area contributed by atoms with Crippen LogP contribution in [0.15, 0.2) is 16.8 Å². The highest BCUT2D eigenvalue weighted by Gasteiger charge is 2.43. The first-order valence-corrected chi connectivity index (χ1v) is 4.94.